The summed E-state index contributed by atoms with van der Waals surface area (Å²) in [5.74, 6) is -0.258. The van der Waals surface area contributed by atoms with Crippen LogP contribution in [0.5, 0.6) is 0 Å². The van der Waals surface area contributed by atoms with Crippen molar-refractivity contribution < 1.29 is 8.78 Å². The zero-order valence-corrected chi connectivity index (χ0v) is 11.4. The molecule has 4 heteroatoms. The van der Waals surface area contributed by atoms with Crippen LogP contribution in [0, 0.1) is 17.6 Å². The lowest BCUT2D eigenvalue weighted by Crippen LogP contribution is -2.34. The molecular weight excluding hydrogens is 288 g/mol. The normalized spacial score (nSPS) is 23.8. The van der Waals surface area contributed by atoms with Gasteiger partial charge in [-0.15, -0.1) is 0 Å². The molecule has 0 unspecified atom stereocenters. The maximum Gasteiger partial charge on any atom is 0.130 e. The van der Waals surface area contributed by atoms with E-state index in [4.69, 9.17) is 0 Å². The van der Waals surface area contributed by atoms with Crippen LogP contribution in [-0.2, 0) is 6.54 Å². The first-order chi connectivity index (χ1) is 8.06. The number of hydrogen-bond acceptors (Lipinski definition) is 1. The summed E-state index contributed by atoms with van der Waals surface area (Å²) in [4.78, 5) is 2.62. The van der Waals surface area contributed by atoms with Crippen LogP contribution in [0.15, 0.2) is 18.2 Å². The molecular formula is C13H16BrF2N. The molecule has 0 heterocycles. The molecule has 0 saturated heterocycles. The summed E-state index contributed by atoms with van der Waals surface area (Å²) in [6.45, 7) is 1.23. The molecule has 1 aliphatic rings. The molecule has 0 bridgehead atoms. The fourth-order valence-corrected chi connectivity index (χ4v) is 3.32. The molecule has 94 valence electrons. The highest BCUT2D eigenvalue weighted by molar-refractivity contribution is 9.09. The smallest absolute Gasteiger partial charge is 0.130 e. The second-order valence-electron chi connectivity index (χ2n) is 4.83. The van der Waals surface area contributed by atoms with Gasteiger partial charge in [0.05, 0.1) is 0 Å². The van der Waals surface area contributed by atoms with Crippen LogP contribution in [0.1, 0.15) is 18.4 Å². The molecule has 1 aromatic rings. The van der Waals surface area contributed by atoms with Gasteiger partial charge in [0.2, 0.25) is 0 Å². The molecule has 0 amide bonds. The van der Waals surface area contributed by atoms with Gasteiger partial charge < -0.3 is 4.90 Å². The molecule has 17 heavy (non-hydrogen) atoms. The van der Waals surface area contributed by atoms with E-state index in [0.717, 1.165) is 19.4 Å². The lowest BCUT2D eigenvalue weighted by molar-refractivity contribution is 0.204. The summed E-state index contributed by atoms with van der Waals surface area (Å²) in [6.07, 6.45) is 2.31. The van der Waals surface area contributed by atoms with Gasteiger partial charge in [-0.25, -0.2) is 8.78 Å². The van der Waals surface area contributed by atoms with Gasteiger partial charge in [0.25, 0.3) is 0 Å². The van der Waals surface area contributed by atoms with E-state index in [1.165, 1.54) is 18.2 Å². The highest BCUT2D eigenvalue weighted by atomic mass is 79.9. The molecule has 1 saturated carbocycles. The standard InChI is InChI=1S/C13H16BrF2N/c1-17(7-9-5-10(14)6-9)8-11-12(15)3-2-4-13(11)16/h2-4,9-10H,5-8H2,1H3. The van der Waals surface area contributed by atoms with Gasteiger partial charge in [-0.3, -0.25) is 0 Å². The summed E-state index contributed by atoms with van der Waals surface area (Å²) < 4.78 is 26.9. The number of alkyl halides is 1. The highest BCUT2D eigenvalue weighted by Crippen LogP contribution is 2.33. The molecule has 1 aliphatic carbocycles. The monoisotopic (exact) mass is 303 g/mol. The zero-order chi connectivity index (χ0) is 12.4. The summed E-state index contributed by atoms with van der Waals surface area (Å²) in [6, 6.07) is 4.02. The van der Waals surface area contributed by atoms with Crippen molar-refractivity contribution in [2.24, 2.45) is 5.92 Å². The van der Waals surface area contributed by atoms with E-state index in [-0.39, 0.29) is 5.56 Å². The topological polar surface area (TPSA) is 3.24 Å². The quantitative estimate of drug-likeness (QED) is 0.769. The molecule has 0 radical (unpaired) electrons. The van der Waals surface area contributed by atoms with Crippen molar-refractivity contribution >= 4 is 15.9 Å². The Hall–Kier alpha value is -0.480. The molecule has 1 fully saturated rings. The van der Waals surface area contributed by atoms with E-state index in [9.17, 15) is 8.78 Å². The first-order valence-electron chi connectivity index (χ1n) is 5.81. The van der Waals surface area contributed by atoms with E-state index in [2.05, 4.69) is 15.9 Å². The minimum atomic E-state index is -0.455. The van der Waals surface area contributed by atoms with Crippen molar-refractivity contribution in [1.82, 2.24) is 4.90 Å². The Morgan fingerprint density at radius 2 is 1.88 bits per heavy atom. The van der Waals surface area contributed by atoms with Crippen molar-refractivity contribution in [3.8, 4) is 0 Å². The minimum absolute atomic E-state index is 0.171. The number of halogens is 3. The third-order valence-corrected chi connectivity index (χ3v) is 3.99. The van der Waals surface area contributed by atoms with E-state index < -0.39 is 11.6 Å². The maximum atomic E-state index is 13.4. The number of rotatable bonds is 4. The van der Waals surface area contributed by atoms with Crippen molar-refractivity contribution in [3.05, 3.63) is 35.4 Å². The van der Waals surface area contributed by atoms with Gasteiger partial charge in [-0.2, -0.15) is 0 Å². The lowest BCUT2D eigenvalue weighted by atomic mass is 9.85. The van der Waals surface area contributed by atoms with Gasteiger partial charge >= 0.3 is 0 Å². The van der Waals surface area contributed by atoms with Crippen LogP contribution in [0.3, 0.4) is 0 Å². The van der Waals surface area contributed by atoms with E-state index >= 15 is 0 Å². The second-order valence-corrected chi connectivity index (χ2v) is 6.13. The van der Waals surface area contributed by atoms with Crippen LogP contribution >= 0.6 is 15.9 Å². The average Bonchev–Trinajstić information content (AvgIpc) is 2.21. The fraction of sp³-hybridized carbons (Fsp3) is 0.538. The second kappa shape index (κ2) is 5.44. The van der Waals surface area contributed by atoms with Crippen LogP contribution in [0.4, 0.5) is 8.78 Å². The largest absolute Gasteiger partial charge is 0.302 e. The fourth-order valence-electron chi connectivity index (χ4n) is 2.26. The number of hydrogen-bond donors (Lipinski definition) is 0. The Morgan fingerprint density at radius 3 is 2.41 bits per heavy atom. The molecule has 0 aromatic heterocycles. The zero-order valence-electron chi connectivity index (χ0n) is 9.80. The van der Waals surface area contributed by atoms with Crippen molar-refractivity contribution in [3.63, 3.8) is 0 Å². The Labute approximate surface area is 109 Å². The van der Waals surface area contributed by atoms with Crippen LogP contribution in [-0.4, -0.2) is 23.3 Å². The highest BCUT2D eigenvalue weighted by Gasteiger charge is 2.27. The van der Waals surface area contributed by atoms with Gasteiger partial charge in [0.1, 0.15) is 11.6 Å². The third-order valence-electron chi connectivity index (χ3n) is 3.24. The van der Waals surface area contributed by atoms with E-state index in [1.807, 2.05) is 11.9 Å². The van der Waals surface area contributed by atoms with Crippen LogP contribution < -0.4 is 0 Å². The SMILES string of the molecule is CN(Cc1c(F)cccc1F)CC1CC(Br)C1. The van der Waals surface area contributed by atoms with E-state index in [0.29, 0.717) is 17.3 Å². The molecule has 2 rings (SSSR count). The van der Waals surface area contributed by atoms with Crippen molar-refractivity contribution in [1.29, 1.82) is 0 Å². The Bertz CT molecular complexity index is 371. The average molecular weight is 304 g/mol. The summed E-state index contributed by atoms with van der Waals surface area (Å²) in [5.41, 5.74) is 0.171. The number of nitrogens with zero attached hydrogens (tertiary/aromatic N) is 1. The van der Waals surface area contributed by atoms with E-state index in [1.54, 1.807) is 0 Å². The molecule has 0 spiro atoms. The van der Waals surface area contributed by atoms with Crippen molar-refractivity contribution in [2.45, 2.75) is 24.2 Å². The predicted octanol–water partition coefficient (Wildman–Crippen LogP) is 3.57. The number of benzene rings is 1. The van der Waals surface area contributed by atoms with Gasteiger partial charge in [-0.1, -0.05) is 22.0 Å². The van der Waals surface area contributed by atoms with Crippen LogP contribution in [0.2, 0.25) is 0 Å². The molecule has 0 aliphatic heterocycles. The molecule has 0 N–H and O–H groups in total. The van der Waals surface area contributed by atoms with Gasteiger partial charge in [0.15, 0.2) is 0 Å². The predicted molar refractivity (Wildman–Crippen MR) is 68.1 cm³/mol. The first kappa shape index (κ1) is 13.0. The van der Waals surface area contributed by atoms with Crippen molar-refractivity contribution in [2.75, 3.05) is 13.6 Å². The minimum Gasteiger partial charge on any atom is -0.302 e. The van der Waals surface area contributed by atoms with Crippen LogP contribution in [0.25, 0.3) is 0 Å². The lowest BCUT2D eigenvalue weighted by Gasteiger charge is -2.34. The maximum absolute atomic E-state index is 13.4. The summed E-state index contributed by atoms with van der Waals surface area (Å²) in [7, 11) is 1.91. The van der Waals surface area contributed by atoms with Gasteiger partial charge in [-0.05, 0) is 37.9 Å². The molecule has 0 atom stereocenters. The Morgan fingerprint density at radius 1 is 1.29 bits per heavy atom. The Kier molecular flexibility index (Phi) is 4.15. The van der Waals surface area contributed by atoms with Gasteiger partial charge in [0, 0.05) is 23.5 Å². The Balaban J connectivity index is 1.91. The first-order valence-corrected chi connectivity index (χ1v) is 6.73. The molecule has 1 nitrogen and oxygen atoms in total. The molecule has 1 aromatic carbocycles. The third kappa shape index (κ3) is 3.26. The summed E-state index contributed by atoms with van der Waals surface area (Å²) >= 11 is 3.54. The summed E-state index contributed by atoms with van der Waals surface area (Å²) in [5, 5.41) is 0.